The number of ether oxygens (including phenoxy) is 1. The van der Waals surface area contributed by atoms with Crippen LogP contribution in [0.5, 0.6) is 5.75 Å². The van der Waals surface area contributed by atoms with Crippen LogP contribution in [-0.2, 0) is 6.18 Å². The van der Waals surface area contributed by atoms with Crippen molar-refractivity contribution < 1.29 is 22.3 Å². The average Bonchev–Trinajstić information content (AvgIpc) is 2.41. The minimum absolute atomic E-state index is 0.0522. The minimum Gasteiger partial charge on any atom is -0.495 e. The molecule has 1 heterocycles. The van der Waals surface area contributed by atoms with E-state index in [1.54, 1.807) is 0 Å². The molecule has 0 spiro atoms. The number of pyridine rings is 1. The van der Waals surface area contributed by atoms with E-state index in [4.69, 9.17) is 27.9 Å². The number of hydrogen-bond acceptors (Lipinski definition) is 2. The van der Waals surface area contributed by atoms with Gasteiger partial charge in [-0.1, -0.05) is 23.2 Å². The molecule has 2 rings (SSSR count). The van der Waals surface area contributed by atoms with Gasteiger partial charge in [-0.3, -0.25) is 4.98 Å². The Kier molecular flexibility index (Phi) is 4.54. The maximum absolute atomic E-state index is 14.3. The number of aromatic nitrogens is 1. The molecule has 2 aromatic rings. The third-order valence-electron chi connectivity index (χ3n) is 3.07. The van der Waals surface area contributed by atoms with Crippen molar-refractivity contribution in [1.29, 1.82) is 0 Å². The molecule has 0 bridgehead atoms. The number of methoxy groups -OCH3 is 1. The molecule has 1 aromatic carbocycles. The standard InChI is InChI=1S/C14H9Cl2F4NO/c1-6-8(14(18,19)20)5-21-13(12(6)17)7-3-11(22-2)10(16)4-9(7)15/h3-5H,1-2H3. The first-order valence-corrected chi connectivity index (χ1v) is 6.68. The molecule has 0 radical (unpaired) electrons. The highest BCUT2D eigenvalue weighted by molar-refractivity contribution is 6.37. The van der Waals surface area contributed by atoms with Crippen LogP contribution < -0.4 is 4.74 Å². The van der Waals surface area contributed by atoms with Crippen molar-refractivity contribution in [3.05, 3.63) is 45.3 Å². The predicted octanol–water partition coefficient (Wildman–Crippen LogP) is 5.53. The van der Waals surface area contributed by atoms with Crippen LogP contribution in [0.3, 0.4) is 0 Å². The fourth-order valence-electron chi connectivity index (χ4n) is 1.92. The fourth-order valence-corrected chi connectivity index (χ4v) is 2.47. The summed E-state index contributed by atoms with van der Waals surface area (Å²) in [5, 5.41) is 0.247. The first-order valence-electron chi connectivity index (χ1n) is 5.92. The van der Waals surface area contributed by atoms with Gasteiger partial charge in [-0.25, -0.2) is 4.39 Å². The average molecular weight is 354 g/mol. The lowest BCUT2D eigenvalue weighted by Crippen LogP contribution is -2.10. The van der Waals surface area contributed by atoms with Crippen molar-refractivity contribution in [3.63, 3.8) is 0 Å². The van der Waals surface area contributed by atoms with Gasteiger partial charge >= 0.3 is 6.18 Å². The molecule has 118 valence electrons. The molecule has 2 nitrogen and oxygen atoms in total. The van der Waals surface area contributed by atoms with Crippen molar-refractivity contribution in [1.82, 2.24) is 4.98 Å². The van der Waals surface area contributed by atoms with E-state index in [2.05, 4.69) is 4.98 Å². The van der Waals surface area contributed by atoms with Gasteiger partial charge in [-0.05, 0) is 19.1 Å². The largest absolute Gasteiger partial charge is 0.495 e. The maximum Gasteiger partial charge on any atom is 0.418 e. The topological polar surface area (TPSA) is 22.1 Å². The van der Waals surface area contributed by atoms with Crippen LogP contribution in [0.2, 0.25) is 10.0 Å². The molecule has 8 heteroatoms. The number of benzene rings is 1. The van der Waals surface area contributed by atoms with E-state index in [1.165, 1.54) is 19.2 Å². The highest BCUT2D eigenvalue weighted by atomic mass is 35.5. The van der Waals surface area contributed by atoms with Gasteiger partial charge in [-0.15, -0.1) is 0 Å². The van der Waals surface area contributed by atoms with Gasteiger partial charge in [0.25, 0.3) is 0 Å². The number of rotatable bonds is 2. The van der Waals surface area contributed by atoms with Crippen LogP contribution in [0.1, 0.15) is 11.1 Å². The second kappa shape index (κ2) is 5.93. The fraction of sp³-hybridized carbons (Fsp3) is 0.214. The number of nitrogens with zero attached hydrogens (tertiary/aromatic N) is 1. The molecule has 22 heavy (non-hydrogen) atoms. The van der Waals surface area contributed by atoms with E-state index in [1.807, 2.05) is 0 Å². The molecule has 0 saturated carbocycles. The summed E-state index contributed by atoms with van der Waals surface area (Å²) in [6.45, 7) is 1.03. The second-order valence-electron chi connectivity index (χ2n) is 4.42. The van der Waals surface area contributed by atoms with E-state index in [0.717, 1.165) is 6.92 Å². The quantitative estimate of drug-likeness (QED) is 0.662. The van der Waals surface area contributed by atoms with Gasteiger partial charge < -0.3 is 4.74 Å². The molecule has 0 aliphatic carbocycles. The molecule has 0 N–H and O–H groups in total. The summed E-state index contributed by atoms with van der Waals surface area (Å²) in [6.07, 6.45) is -4.11. The van der Waals surface area contributed by atoms with Crippen LogP contribution in [0.25, 0.3) is 11.3 Å². The monoisotopic (exact) mass is 353 g/mol. The molecule has 0 fully saturated rings. The highest BCUT2D eigenvalue weighted by Gasteiger charge is 2.35. The van der Waals surface area contributed by atoms with Crippen molar-refractivity contribution >= 4 is 23.2 Å². The minimum atomic E-state index is -4.68. The van der Waals surface area contributed by atoms with Gasteiger partial charge in [0.1, 0.15) is 11.4 Å². The van der Waals surface area contributed by atoms with E-state index in [0.29, 0.717) is 6.20 Å². The summed E-state index contributed by atoms with van der Waals surface area (Å²) in [5.74, 6) is -0.888. The Morgan fingerprint density at radius 1 is 1.14 bits per heavy atom. The van der Waals surface area contributed by atoms with Crippen LogP contribution in [0.4, 0.5) is 17.6 Å². The van der Waals surface area contributed by atoms with Crippen LogP contribution >= 0.6 is 23.2 Å². The lowest BCUT2D eigenvalue weighted by Gasteiger charge is -2.14. The zero-order valence-corrected chi connectivity index (χ0v) is 12.9. The highest BCUT2D eigenvalue weighted by Crippen LogP contribution is 2.39. The third kappa shape index (κ3) is 2.98. The zero-order chi connectivity index (χ0) is 16.7. The Morgan fingerprint density at radius 3 is 2.32 bits per heavy atom. The van der Waals surface area contributed by atoms with Crippen molar-refractivity contribution in [3.8, 4) is 17.0 Å². The molecule has 1 aromatic heterocycles. The van der Waals surface area contributed by atoms with E-state index < -0.39 is 23.1 Å². The van der Waals surface area contributed by atoms with Crippen LogP contribution in [0, 0.1) is 12.7 Å². The first-order chi connectivity index (χ1) is 10.2. The first kappa shape index (κ1) is 16.8. The molecule has 0 unspecified atom stereocenters. The Balaban J connectivity index is 2.67. The molecular formula is C14H9Cl2F4NO. The summed E-state index contributed by atoms with van der Waals surface area (Å²) in [7, 11) is 1.35. The van der Waals surface area contributed by atoms with E-state index >= 15 is 0 Å². The Morgan fingerprint density at radius 2 is 1.77 bits per heavy atom. The van der Waals surface area contributed by atoms with Gasteiger partial charge in [0, 0.05) is 17.3 Å². The third-order valence-corrected chi connectivity index (χ3v) is 3.67. The summed E-state index contributed by atoms with van der Waals surface area (Å²) < 4.78 is 57.5. The zero-order valence-electron chi connectivity index (χ0n) is 11.4. The van der Waals surface area contributed by atoms with Gasteiger partial charge in [0.2, 0.25) is 0 Å². The molecule has 0 amide bonds. The number of alkyl halides is 3. The summed E-state index contributed by atoms with van der Waals surface area (Å²) in [4.78, 5) is 3.56. The number of hydrogen-bond donors (Lipinski definition) is 0. The Labute approximate surface area is 133 Å². The van der Waals surface area contributed by atoms with Gasteiger partial charge in [0.05, 0.1) is 22.7 Å². The normalized spacial score (nSPS) is 11.6. The lowest BCUT2D eigenvalue weighted by atomic mass is 10.0. The van der Waals surface area contributed by atoms with Crippen LogP contribution in [-0.4, -0.2) is 12.1 Å². The van der Waals surface area contributed by atoms with Gasteiger partial charge in [0.15, 0.2) is 5.82 Å². The van der Waals surface area contributed by atoms with Gasteiger partial charge in [-0.2, -0.15) is 13.2 Å². The second-order valence-corrected chi connectivity index (χ2v) is 5.24. The van der Waals surface area contributed by atoms with Crippen molar-refractivity contribution in [2.45, 2.75) is 13.1 Å². The van der Waals surface area contributed by atoms with Crippen molar-refractivity contribution in [2.75, 3.05) is 7.11 Å². The molecule has 0 aliphatic rings. The number of halogens is 6. The lowest BCUT2D eigenvalue weighted by molar-refractivity contribution is -0.138. The molecular weight excluding hydrogens is 345 g/mol. The SMILES string of the molecule is COc1cc(-c2ncc(C(F)(F)F)c(C)c2F)c(Cl)cc1Cl. The molecule has 0 aliphatic heterocycles. The molecule has 0 saturated heterocycles. The Bertz CT molecular complexity index is 732. The maximum atomic E-state index is 14.3. The summed E-state index contributed by atoms with van der Waals surface area (Å²) in [6, 6.07) is 2.63. The molecule has 0 atom stereocenters. The van der Waals surface area contributed by atoms with E-state index in [-0.39, 0.29) is 27.1 Å². The summed E-state index contributed by atoms with van der Waals surface area (Å²) >= 11 is 11.9. The Hall–Kier alpha value is -1.53. The predicted molar refractivity (Wildman–Crippen MR) is 75.9 cm³/mol. The smallest absolute Gasteiger partial charge is 0.418 e. The van der Waals surface area contributed by atoms with Crippen molar-refractivity contribution in [2.24, 2.45) is 0 Å². The summed E-state index contributed by atoms with van der Waals surface area (Å²) in [5.41, 5.74) is -1.89. The van der Waals surface area contributed by atoms with E-state index in [9.17, 15) is 17.6 Å². The van der Waals surface area contributed by atoms with Crippen LogP contribution in [0.15, 0.2) is 18.3 Å².